The maximum atomic E-state index is 13.9. The number of nitrogens with one attached hydrogen (secondary N) is 3. The van der Waals surface area contributed by atoms with Crippen LogP contribution in [0, 0.1) is 17.8 Å². The molecule has 0 bridgehead atoms. The summed E-state index contributed by atoms with van der Waals surface area (Å²) >= 11 is 0. The number of amides is 2. The number of hydrogen-bond donors (Lipinski definition) is 8. The van der Waals surface area contributed by atoms with Crippen molar-refractivity contribution in [2.75, 3.05) is 11.5 Å². The monoisotopic (exact) mass is 765 g/mol. The van der Waals surface area contributed by atoms with Gasteiger partial charge in [-0.15, -0.1) is 0 Å². The molecule has 0 aliphatic heterocycles. The number of carbonyl (C=O) groups is 4. The quantitative estimate of drug-likeness (QED) is 0.115. The average molecular weight is 766 g/mol. The first-order chi connectivity index (χ1) is 24.8. The third kappa shape index (κ3) is 19.2. The van der Waals surface area contributed by atoms with E-state index in [1.807, 2.05) is 30.3 Å². The van der Waals surface area contributed by atoms with Crippen molar-refractivity contribution >= 4 is 33.6 Å². The number of carboxylic acid groups (broad SMARTS) is 2. The predicted molar refractivity (Wildman–Crippen MR) is 199 cm³/mol. The van der Waals surface area contributed by atoms with Crippen LogP contribution in [0.25, 0.3) is 0 Å². The van der Waals surface area contributed by atoms with E-state index in [4.69, 9.17) is 25.5 Å². The van der Waals surface area contributed by atoms with Crippen LogP contribution in [0.15, 0.2) is 42.9 Å². The number of imidazole rings is 1. The van der Waals surface area contributed by atoms with Gasteiger partial charge in [-0.2, -0.15) is 0 Å². The topological polar surface area (TPSA) is 262 Å². The molecule has 2 aliphatic rings. The molecule has 0 spiro atoms. The van der Waals surface area contributed by atoms with Crippen LogP contribution in [0.4, 0.5) is 0 Å². The lowest BCUT2D eigenvalue weighted by Crippen LogP contribution is -2.57. The number of aromatic nitrogens is 2. The number of nitrogens with two attached hydrogens (primary N) is 1. The summed E-state index contributed by atoms with van der Waals surface area (Å²) < 4.78 is 26.3. The van der Waals surface area contributed by atoms with Crippen molar-refractivity contribution in [1.82, 2.24) is 20.6 Å². The number of sulfone groups is 1. The second-order valence-corrected chi connectivity index (χ2v) is 17.1. The summed E-state index contributed by atoms with van der Waals surface area (Å²) in [6.07, 6.45) is 8.78. The molecule has 53 heavy (non-hydrogen) atoms. The third-order valence-electron chi connectivity index (χ3n) is 8.86. The molecule has 2 fully saturated rings. The minimum Gasteiger partial charge on any atom is -0.481 e. The fourth-order valence-electron chi connectivity index (χ4n) is 6.48. The lowest BCUT2D eigenvalue weighted by Gasteiger charge is -2.33. The van der Waals surface area contributed by atoms with E-state index >= 15 is 0 Å². The van der Waals surface area contributed by atoms with Gasteiger partial charge in [-0.05, 0) is 56.9 Å². The zero-order valence-corrected chi connectivity index (χ0v) is 32.1. The molecular weight excluding hydrogens is 706 g/mol. The van der Waals surface area contributed by atoms with Crippen molar-refractivity contribution in [3.63, 3.8) is 0 Å². The number of carboxylic acids is 2. The summed E-state index contributed by atoms with van der Waals surface area (Å²) in [7, 11) is -3.73. The Balaban J connectivity index is 0.00000110. The average Bonchev–Trinajstić information content (AvgIpc) is 3.77. The highest BCUT2D eigenvalue weighted by Gasteiger charge is 2.40. The molecule has 2 aromatic rings. The van der Waals surface area contributed by atoms with Crippen LogP contribution in [0.3, 0.4) is 0 Å². The first-order valence-corrected chi connectivity index (χ1v) is 19.9. The largest absolute Gasteiger partial charge is 0.481 e. The number of benzene rings is 1. The summed E-state index contributed by atoms with van der Waals surface area (Å²) in [5, 5.41) is 42.7. The Morgan fingerprint density at radius 2 is 1.51 bits per heavy atom. The zero-order chi connectivity index (χ0) is 39.8. The van der Waals surface area contributed by atoms with E-state index in [2.05, 4.69) is 20.6 Å². The highest BCUT2D eigenvalue weighted by molar-refractivity contribution is 7.91. The van der Waals surface area contributed by atoms with Crippen LogP contribution in [-0.4, -0.2) is 104 Å². The van der Waals surface area contributed by atoms with Crippen molar-refractivity contribution < 1.29 is 48.0 Å². The highest BCUT2D eigenvalue weighted by atomic mass is 32.2. The summed E-state index contributed by atoms with van der Waals surface area (Å²) in [5.41, 5.74) is 6.44. The number of aromatic amines is 1. The molecule has 1 aromatic heterocycles. The SMILES string of the molecule is CC(=O)O.CC(=O)O.CC(C)(N)CS(=O)(=O)C[C@@H](Cc1ccccc1)C(=O)N[C@@H](Cc1cnc[nH]1)C(=O)N[C@@H](CC1CCCCC1)[C@@H](O)[C@@H](O)C1CC1. The van der Waals surface area contributed by atoms with Gasteiger partial charge in [0.15, 0.2) is 9.84 Å². The van der Waals surface area contributed by atoms with Gasteiger partial charge in [0, 0.05) is 37.7 Å². The van der Waals surface area contributed by atoms with Gasteiger partial charge < -0.3 is 41.8 Å². The van der Waals surface area contributed by atoms with Crippen molar-refractivity contribution in [2.45, 2.75) is 122 Å². The van der Waals surface area contributed by atoms with Gasteiger partial charge in [0.1, 0.15) is 12.1 Å². The minimum absolute atomic E-state index is 0.0189. The molecule has 1 heterocycles. The van der Waals surface area contributed by atoms with E-state index in [-0.39, 0.29) is 24.5 Å². The van der Waals surface area contributed by atoms with Gasteiger partial charge in [-0.25, -0.2) is 13.4 Å². The molecule has 4 rings (SSSR count). The van der Waals surface area contributed by atoms with E-state index in [1.165, 1.54) is 12.7 Å². The molecular formula is C37H59N5O10S. The van der Waals surface area contributed by atoms with E-state index < -0.39 is 75.1 Å². The van der Waals surface area contributed by atoms with Crippen molar-refractivity contribution in [3.8, 4) is 0 Å². The smallest absolute Gasteiger partial charge is 0.300 e. The maximum absolute atomic E-state index is 13.9. The Hall–Kier alpha value is -3.86. The summed E-state index contributed by atoms with van der Waals surface area (Å²) in [6.45, 7) is 5.42. The second kappa shape index (κ2) is 21.7. The standard InChI is InChI=1S/C33H51N5O6S.2C2H4O2/c1-33(2,34)20-45(43,44)19-25(15-22-9-5-3-6-10-22)31(41)38-28(17-26-18-35-21-36-26)32(42)37-27(16-23-11-7-4-8-12-23)30(40)29(39)24-13-14-24;2*1-2(3)4/h3,5-6,9-10,18,21,23-25,27-30,39-40H,4,7-8,11-17,19-20,34H2,1-2H3,(H,35,36)(H,37,42)(H,38,41);2*1H3,(H,3,4)/t25-,27+,28+,29+,30-;;/m1../s1. The first kappa shape index (κ1) is 45.3. The fourth-order valence-corrected chi connectivity index (χ4v) is 8.61. The fraction of sp³-hybridized carbons (Fsp3) is 0.649. The molecule has 5 atom stereocenters. The number of carbonyl (C=O) groups excluding carboxylic acids is 2. The second-order valence-electron chi connectivity index (χ2n) is 15.0. The van der Waals surface area contributed by atoms with E-state index in [1.54, 1.807) is 20.0 Å². The molecule has 2 amide bonds. The molecule has 16 heteroatoms. The lowest BCUT2D eigenvalue weighted by molar-refractivity contribution is -0.135. The minimum atomic E-state index is -3.73. The number of aliphatic hydroxyl groups excluding tert-OH is 2. The molecule has 0 saturated heterocycles. The number of rotatable bonds is 17. The van der Waals surface area contributed by atoms with Crippen LogP contribution in [0.1, 0.15) is 90.3 Å². The molecule has 2 aliphatic carbocycles. The number of H-pyrrole nitrogens is 1. The van der Waals surface area contributed by atoms with E-state index in [0.29, 0.717) is 18.0 Å². The van der Waals surface area contributed by atoms with Gasteiger partial charge >= 0.3 is 0 Å². The van der Waals surface area contributed by atoms with Gasteiger partial charge in [0.25, 0.3) is 11.9 Å². The molecule has 0 unspecified atom stereocenters. The van der Waals surface area contributed by atoms with Gasteiger partial charge in [0.05, 0.1) is 35.9 Å². The Kier molecular flexibility index (Phi) is 18.6. The number of nitrogens with zero attached hydrogens (tertiary/aromatic N) is 1. The van der Waals surface area contributed by atoms with Crippen molar-refractivity contribution in [3.05, 3.63) is 54.1 Å². The number of hydrogen-bond acceptors (Lipinski definition) is 10. The predicted octanol–water partition coefficient (Wildman–Crippen LogP) is 2.22. The Morgan fingerprint density at radius 3 is 2.02 bits per heavy atom. The molecule has 298 valence electrons. The van der Waals surface area contributed by atoms with Gasteiger partial charge in [-0.1, -0.05) is 62.4 Å². The molecule has 2 saturated carbocycles. The van der Waals surface area contributed by atoms with Crippen molar-refractivity contribution in [2.24, 2.45) is 23.5 Å². The first-order valence-electron chi connectivity index (χ1n) is 18.1. The van der Waals surface area contributed by atoms with E-state index in [9.17, 15) is 28.2 Å². The zero-order valence-electron chi connectivity index (χ0n) is 31.2. The Morgan fingerprint density at radius 1 is 0.925 bits per heavy atom. The van der Waals surface area contributed by atoms with Crippen LogP contribution in [0.5, 0.6) is 0 Å². The summed E-state index contributed by atoms with van der Waals surface area (Å²) in [6, 6.07) is 7.38. The van der Waals surface area contributed by atoms with Crippen LogP contribution < -0.4 is 16.4 Å². The highest BCUT2D eigenvalue weighted by Crippen LogP contribution is 2.36. The maximum Gasteiger partial charge on any atom is 0.300 e. The van der Waals surface area contributed by atoms with Crippen molar-refractivity contribution in [1.29, 1.82) is 0 Å². The molecule has 1 aromatic carbocycles. The number of aliphatic carboxylic acids is 2. The Bertz CT molecular complexity index is 1500. The van der Waals surface area contributed by atoms with E-state index in [0.717, 1.165) is 57.9 Å². The summed E-state index contributed by atoms with van der Waals surface area (Å²) in [5.74, 6) is -4.10. The number of aliphatic hydroxyl groups is 2. The molecule has 15 nitrogen and oxygen atoms in total. The Labute approximate surface area is 312 Å². The van der Waals surface area contributed by atoms with Crippen LogP contribution in [0.2, 0.25) is 0 Å². The van der Waals surface area contributed by atoms with Gasteiger partial charge in [0.2, 0.25) is 11.8 Å². The van der Waals surface area contributed by atoms with Crippen LogP contribution in [-0.2, 0) is 41.9 Å². The van der Waals surface area contributed by atoms with Gasteiger partial charge in [-0.3, -0.25) is 19.2 Å². The third-order valence-corrected chi connectivity index (χ3v) is 11.0. The van der Waals surface area contributed by atoms with Crippen LogP contribution >= 0.6 is 0 Å². The normalized spacial score (nSPS) is 17.6. The molecule has 0 radical (unpaired) electrons. The summed E-state index contributed by atoms with van der Waals surface area (Å²) in [4.78, 5) is 52.8. The lowest BCUT2D eigenvalue weighted by atomic mass is 9.82. The molecule has 9 N–H and O–H groups in total.